The number of rotatable bonds is 7. The molecule has 2 aromatic carbocycles. The van der Waals surface area contributed by atoms with Gasteiger partial charge in [0.2, 0.25) is 0 Å². The summed E-state index contributed by atoms with van der Waals surface area (Å²) in [6, 6.07) is 15.3. The minimum atomic E-state index is -0.273. The van der Waals surface area contributed by atoms with Gasteiger partial charge in [-0.2, -0.15) is 0 Å². The van der Waals surface area contributed by atoms with Crippen LogP contribution in [0.2, 0.25) is 0 Å². The van der Waals surface area contributed by atoms with Gasteiger partial charge < -0.3 is 15.4 Å². The van der Waals surface area contributed by atoms with Crippen molar-refractivity contribution in [3.63, 3.8) is 0 Å². The number of aryl methyl sites for hydroxylation is 1. The lowest BCUT2D eigenvalue weighted by Gasteiger charge is -2.12. The number of carbonyl (C=O) groups is 2. The van der Waals surface area contributed by atoms with Gasteiger partial charge in [0.15, 0.2) is 0 Å². The summed E-state index contributed by atoms with van der Waals surface area (Å²) in [4.78, 5) is 23.4. The normalized spacial score (nSPS) is 10.1. The summed E-state index contributed by atoms with van der Waals surface area (Å²) in [7, 11) is 1.36. The maximum absolute atomic E-state index is 12.4. The molecule has 0 bridgehead atoms. The van der Waals surface area contributed by atoms with Gasteiger partial charge in [-0.3, -0.25) is 9.59 Å². The van der Waals surface area contributed by atoms with Gasteiger partial charge in [0.25, 0.3) is 5.91 Å². The molecule has 0 atom stereocenters. The van der Waals surface area contributed by atoms with Gasteiger partial charge in [0.05, 0.1) is 18.4 Å². The fourth-order valence-corrected chi connectivity index (χ4v) is 2.21. The summed E-state index contributed by atoms with van der Waals surface area (Å²) in [5.74, 6) is -0.444. The second kappa shape index (κ2) is 8.72. The molecule has 1 amide bonds. The lowest BCUT2D eigenvalue weighted by molar-refractivity contribution is -0.140. The van der Waals surface area contributed by atoms with Crippen LogP contribution >= 0.6 is 0 Å². The molecule has 2 N–H and O–H groups in total. The van der Waals surface area contributed by atoms with E-state index in [1.807, 2.05) is 49.4 Å². The monoisotopic (exact) mass is 326 g/mol. The highest BCUT2D eigenvalue weighted by molar-refractivity contribution is 6.00. The van der Waals surface area contributed by atoms with E-state index in [1.54, 1.807) is 6.07 Å². The highest BCUT2D eigenvalue weighted by Gasteiger charge is 2.11. The summed E-state index contributed by atoms with van der Waals surface area (Å²) < 4.78 is 4.57. The predicted octanol–water partition coefficient (Wildman–Crippen LogP) is 3.42. The van der Waals surface area contributed by atoms with E-state index in [1.165, 1.54) is 12.7 Å². The smallest absolute Gasteiger partial charge is 0.305 e. The van der Waals surface area contributed by atoms with Crippen LogP contribution in [0, 0.1) is 6.92 Å². The van der Waals surface area contributed by atoms with Gasteiger partial charge in [0, 0.05) is 18.7 Å². The zero-order chi connectivity index (χ0) is 17.4. The predicted molar refractivity (Wildman–Crippen MR) is 94.5 cm³/mol. The van der Waals surface area contributed by atoms with Crippen molar-refractivity contribution in [1.29, 1.82) is 0 Å². The van der Waals surface area contributed by atoms with Crippen molar-refractivity contribution < 1.29 is 14.3 Å². The Morgan fingerprint density at radius 3 is 2.46 bits per heavy atom. The molecule has 0 aliphatic carbocycles. The van der Waals surface area contributed by atoms with Crippen molar-refractivity contribution in [3.05, 3.63) is 59.7 Å². The Morgan fingerprint density at radius 1 is 1.04 bits per heavy atom. The first-order valence-electron chi connectivity index (χ1n) is 7.88. The fraction of sp³-hybridized carbons (Fsp3) is 0.263. The molecule has 0 unspecified atom stereocenters. The molecule has 0 aliphatic rings. The van der Waals surface area contributed by atoms with Gasteiger partial charge in [0.1, 0.15) is 0 Å². The number of nitrogens with one attached hydrogen (secondary N) is 2. The lowest BCUT2D eigenvalue weighted by Crippen LogP contribution is -2.25. The van der Waals surface area contributed by atoms with E-state index < -0.39 is 0 Å². The fourth-order valence-electron chi connectivity index (χ4n) is 2.21. The third kappa shape index (κ3) is 5.12. The average Bonchev–Trinajstić information content (AvgIpc) is 2.60. The summed E-state index contributed by atoms with van der Waals surface area (Å²) in [6.45, 7) is 2.45. The Hall–Kier alpha value is -2.82. The van der Waals surface area contributed by atoms with E-state index in [0.29, 0.717) is 24.9 Å². The molecule has 2 aromatic rings. The highest BCUT2D eigenvalue weighted by Crippen LogP contribution is 2.21. The van der Waals surface area contributed by atoms with Crippen LogP contribution in [-0.4, -0.2) is 25.5 Å². The van der Waals surface area contributed by atoms with Crippen LogP contribution in [0.15, 0.2) is 48.5 Å². The van der Waals surface area contributed by atoms with Crippen molar-refractivity contribution in [3.8, 4) is 0 Å². The van der Waals surface area contributed by atoms with Gasteiger partial charge in [-0.15, -0.1) is 0 Å². The second-order valence-electron chi connectivity index (χ2n) is 5.47. The molecule has 0 radical (unpaired) electrons. The largest absolute Gasteiger partial charge is 0.469 e. The van der Waals surface area contributed by atoms with E-state index in [4.69, 9.17) is 0 Å². The van der Waals surface area contributed by atoms with E-state index in [0.717, 1.165) is 11.4 Å². The van der Waals surface area contributed by atoms with Crippen LogP contribution in [0.3, 0.4) is 0 Å². The maximum atomic E-state index is 12.4. The molecule has 0 heterocycles. The first-order chi connectivity index (χ1) is 11.6. The van der Waals surface area contributed by atoms with Crippen LogP contribution < -0.4 is 10.6 Å². The van der Waals surface area contributed by atoms with Crippen molar-refractivity contribution in [2.45, 2.75) is 19.8 Å². The van der Waals surface area contributed by atoms with Crippen molar-refractivity contribution in [2.24, 2.45) is 0 Å². The van der Waals surface area contributed by atoms with Crippen LogP contribution in [0.25, 0.3) is 0 Å². The van der Waals surface area contributed by atoms with Gasteiger partial charge in [-0.25, -0.2) is 0 Å². The first-order valence-corrected chi connectivity index (χ1v) is 7.88. The third-order valence-electron chi connectivity index (χ3n) is 3.57. The molecule has 0 saturated carbocycles. The van der Waals surface area contributed by atoms with Crippen molar-refractivity contribution >= 4 is 23.3 Å². The number of ether oxygens (including phenoxy) is 1. The number of para-hydroxylation sites is 1. The number of esters is 1. The Labute approximate surface area is 142 Å². The lowest BCUT2D eigenvalue weighted by atomic mass is 10.1. The quantitative estimate of drug-likeness (QED) is 0.604. The average molecular weight is 326 g/mol. The summed E-state index contributed by atoms with van der Waals surface area (Å²) in [5, 5.41) is 6.09. The number of anilines is 2. The molecule has 5 heteroatoms. The Balaban J connectivity index is 1.98. The molecular formula is C19H22N2O3. The zero-order valence-corrected chi connectivity index (χ0v) is 14.0. The van der Waals surface area contributed by atoms with Crippen LogP contribution in [0.5, 0.6) is 0 Å². The molecular weight excluding hydrogens is 304 g/mol. The van der Waals surface area contributed by atoms with E-state index in [-0.39, 0.29) is 11.9 Å². The summed E-state index contributed by atoms with van der Waals surface area (Å²) >= 11 is 0. The number of methoxy groups -OCH3 is 1. The topological polar surface area (TPSA) is 67.4 Å². The molecule has 0 aliphatic heterocycles. The van der Waals surface area contributed by atoms with Crippen LogP contribution in [-0.2, 0) is 9.53 Å². The number of benzene rings is 2. The molecule has 0 fully saturated rings. The molecule has 0 spiro atoms. The van der Waals surface area contributed by atoms with Crippen molar-refractivity contribution in [1.82, 2.24) is 5.32 Å². The van der Waals surface area contributed by atoms with Gasteiger partial charge in [-0.1, -0.05) is 29.8 Å². The van der Waals surface area contributed by atoms with Gasteiger partial charge in [-0.05, 0) is 37.6 Å². The van der Waals surface area contributed by atoms with Crippen molar-refractivity contribution in [2.75, 3.05) is 19.0 Å². The summed E-state index contributed by atoms with van der Waals surface area (Å²) in [6.07, 6.45) is 0.839. The number of carbonyl (C=O) groups excluding carboxylic acids is 2. The molecule has 0 aromatic heterocycles. The van der Waals surface area contributed by atoms with E-state index in [9.17, 15) is 9.59 Å². The molecule has 2 rings (SSSR count). The number of hydrogen-bond acceptors (Lipinski definition) is 4. The van der Waals surface area contributed by atoms with Crippen LogP contribution in [0.1, 0.15) is 28.8 Å². The standard InChI is InChI=1S/C19H22N2O3/c1-14-9-11-15(12-10-14)21-17-7-4-3-6-16(17)19(23)20-13-5-8-18(22)24-2/h3-4,6-7,9-12,21H,5,8,13H2,1-2H3,(H,20,23). The van der Waals surface area contributed by atoms with E-state index >= 15 is 0 Å². The third-order valence-corrected chi connectivity index (χ3v) is 3.57. The maximum Gasteiger partial charge on any atom is 0.305 e. The molecule has 0 saturated heterocycles. The second-order valence-corrected chi connectivity index (χ2v) is 5.47. The molecule has 5 nitrogen and oxygen atoms in total. The van der Waals surface area contributed by atoms with Crippen LogP contribution in [0.4, 0.5) is 11.4 Å². The van der Waals surface area contributed by atoms with E-state index in [2.05, 4.69) is 15.4 Å². The zero-order valence-electron chi connectivity index (χ0n) is 14.0. The minimum Gasteiger partial charge on any atom is -0.469 e. The van der Waals surface area contributed by atoms with Gasteiger partial charge >= 0.3 is 5.97 Å². The first kappa shape index (κ1) is 17.5. The Bertz CT molecular complexity index is 696. The Kier molecular flexibility index (Phi) is 6.37. The number of amides is 1. The summed E-state index contributed by atoms with van der Waals surface area (Å²) in [5.41, 5.74) is 3.41. The highest BCUT2D eigenvalue weighted by atomic mass is 16.5. The molecule has 24 heavy (non-hydrogen) atoms. The Morgan fingerprint density at radius 2 is 1.75 bits per heavy atom. The minimum absolute atomic E-state index is 0.171. The SMILES string of the molecule is COC(=O)CCCNC(=O)c1ccccc1Nc1ccc(C)cc1. The molecule has 126 valence electrons. The number of hydrogen-bond donors (Lipinski definition) is 2.